The van der Waals surface area contributed by atoms with E-state index in [0.717, 1.165) is 6.07 Å². The topological polar surface area (TPSA) is 62.5 Å². The zero-order valence-electron chi connectivity index (χ0n) is 7.29. The maximum atomic E-state index is 12.2. The smallest absolute Gasteiger partial charge is 0.378 e. The molecule has 1 heterocycles. The first-order chi connectivity index (χ1) is 7.27. The van der Waals surface area contributed by atoms with Crippen LogP contribution in [0.2, 0.25) is 5.15 Å². The highest BCUT2D eigenvalue weighted by molar-refractivity contribution is 14.1. The van der Waals surface area contributed by atoms with Crippen LogP contribution in [0.25, 0.3) is 0 Å². The monoisotopic (exact) mass is 366 g/mol. The van der Waals surface area contributed by atoms with E-state index < -0.39 is 23.1 Å². The lowest BCUT2D eigenvalue weighted by Crippen LogP contribution is -2.21. The molecule has 0 aliphatic heterocycles. The van der Waals surface area contributed by atoms with Gasteiger partial charge in [0.05, 0.1) is 5.69 Å². The van der Waals surface area contributed by atoms with Gasteiger partial charge in [0.1, 0.15) is 0 Å². The molecule has 88 valence electrons. The first kappa shape index (κ1) is 13.6. The van der Waals surface area contributed by atoms with Crippen LogP contribution in [0.1, 0.15) is 11.8 Å². The van der Waals surface area contributed by atoms with Gasteiger partial charge in [-0.3, -0.25) is 0 Å². The van der Waals surface area contributed by atoms with Crippen LogP contribution in [-0.2, 0) is 0 Å². The Morgan fingerprint density at radius 3 is 2.50 bits per heavy atom. The molecule has 1 rings (SSSR count). The van der Waals surface area contributed by atoms with Crippen molar-refractivity contribution in [2.75, 3.05) is 0 Å². The molecule has 4 nitrogen and oxygen atoms in total. The Morgan fingerprint density at radius 1 is 1.56 bits per heavy atom. The fraction of sp³-hybridized carbons (Fsp3) is 0.286. The standard InChI is InChI=1S/C7H3ClF3IN2O2/c8-6-4(14-16)2(12)1-3(13-6)5(15)7(9,10)11/h1,5,15H. The van der Waals surface area contributed by atoms with Gasteiger partial charge in [0.25, 0.3) is 0 Å². The molecule has 9 heteroatoms. The number of nitrogens with zero attached hydrogens (tertiary/aromatic N) is 2. The first-order valence-corrected chi connectivity index (χ1v) is 5.17. The molecule has 0 radical (unpaired) electrons. The van der Waals surface area contributed by atoms with E-state index in [-0.39, 0.29) is 9.26 Å². The number of hydrogen-bond acceptors (Lipinski definition) is 4. The molecule has 1 unspecified atom stereocenters. The molecular weight excluding hydrogens is 363 g/mol. The third-order valence-corrected chi connectivity index (χ3v) is 2.69. The molecule has 16 heavy (non-hydrogen) atoms. The Labute approximate surface area is 106 Å². The molecule has 0 aliphatic carbocycles. The SMILES string of the molecule is O=Nc1c(I)cc(C(O)C(F)(F)F)nc1Cl. The maximum Gasteiger partial charge on any atom is 0.420 e. The molecule has 0 aliphatic rings. The lowest BCUT2D eigenvalue weighted by molar-refractivity contribution is -0.207. The van der Waals surface area contributed by atoms with Gasteiger partial charge < -0.3 is 5.11 Å². The number of halogens is 5. The summed E-state index contributed by atoms with van der Waals surface area (Å²) in [6, 6.07) is 0.904. The van der Waals surface area contributed by atoms with Gasteiger partial charge in [-0.2, -0.15) is 13.2 Å². The number of nitroso groups, excluding NO2 is 1. The van der Waals surface area contributed by atoms with Gasteiger partial charge in [0.2, 0.25) is 0 Å². The predicted molar refractivity (Wildman–Crippen MR) is 58.4 cm³/mol. The van der Waals surface area contributed by atoms with Crippen molar-refractivity contribution in [3.05, 3.63) is 25.4 Å². The van der Waals surface area contributed by atoms with Gasteiger partial charge in [-0.25, -0.2) is 4.98 Å². The molecule has 0 amide bonds. The van der Waals surface area contributed by atoms with Crippen LogP contribution in [0.5, 0.6) is 0 Å². The summed E-state index contributed by atoms with van der Waals surface area (Å²) in [6.07, 6.45) is -7.57. The minimum Gasteiger partial charge on any atom is -0.378 e. The third-order valence-electron chi connectivity index (χ3n) is 1.60. The average Bonchev–Trinajstić information content (AvgIpc) is 2.14. The Bertz CT molecular complexity index is 404. The summed E-state index contributed by atoms with van der Waals surface area (Å²) in [4.78, 5) is 13.5. The van der Waals surface area contributed by atoms with Crippen molar-refractivity contribution in [3.63, 3.8) is 0 Å². The highest BCUT2D eigenvalue weighted by Gasteiger charge is 2.40. The summed E-state index contributed by atoms with van der Waals surface area (Å²) < 4.78 is 36.6. The van der Waals surface area contributed by atoms with Crippen molar-refractivity contribution in [1.29, 1.82) is 0 Å². The van der Waals surface area contributed by atoms with Crippen molar-refractivity contribution < 1.29 is 18.3 Å². The van der Waals surface area contributed by atoms with Crippen LogP contribution in [0, 0.1) is 8.48 Å². The van der Waals surface area contributed by atoms with E-state index in [1.54, 1.807) is 22.6 Å². The zero-order chi connectivity index (χ0) is 12.5. The molecule has 1 atom stereocenters. The average molecular weight is 366 g/mol. The summed E-state index contributed by atoms with van der Waals surface area (Å²) in [7, 11) is 0. The highest BCUT2D eigenvalue weighted by Crippen LogP contribution is 2.36. The van der Waals surface area contributed by atoms with Gasteiger partial charge in [0.15, 0.2) is 16.9 Å². The Kier molecular flexibility index (Phi) is 4.07. The lowest BCUT2D eigenvalue weighted by Gasteiger charge is -2.14. The minimum absolute atomic E-state index is 0.0888. The van der Waals surface area contributed by atoms with E-state index in [0.29, 0.717) is 0 Å². The number of aromatic nitrogens is 1. The van der Waals surface area contributed by atoms with Crippen LogP contribution in [0.4, 0.5) is 18.9 Å². The molecule has 1 aromatic heterocycles. The summed E-state index contributed by atoms with van der Waals surface area (Å²) in [5, 5.41) is 11.0. The molecular formula is C7H3ClF3IN2O2. The second kappa shape index (κ2) is 4.80. The predicted octanol–water partition coefficient (Wildman–Crippen LogP) is 3.33. The van der Waals surface area contributed by atoms with E-state index in [4.69, 9.17) is 16.7 Å². The fourth-order valence-electron chi connectivity index (χ4n) is 0.884. The first-order valence-electron chi connectivity index (χ1n) is 3.71. The summed E-state index contributed by atoms with van der Waals surface area (Å²) in [5.41, 5.74) is -0.922. The Morgan fingerprint density at radius 2 is 2.12 bits per heavy atom. The van der Waals surface area contributed by atoms with E-state index in [2.05, 4.69) is 10.2 Å². The molecule has 1 N–H and O–H groups in total. The molecule has 0 spiro atoms. The van der Waals surface area contributed by atoms with Gasteiger partial charge in [-0.15, -0.1) is 4.91 Å². The van der Waals surface area contributed by atoms with Gasteiger partial charge in [0, 0.05) is 3.57 Å². The summed E-state index contributed by atoms with van der Waals surface area (Å²) in [6.45, 7) is 0. The number of aliphatic hydroxyl groups is 1. The fourth-order valence-corrected chi connectivity index (χ4v) is 1.95. The Hall–Kier alpha value is -0.480. The highest BCUT2D eigenvalue weighted by atomic mass is 127. The van der Waals surface area contributed by atoms with Crippen LogP contribution in [0.3, 0.4) is 0 Å². The number of alkyl halides is 3. The van der Waals surface area contributed by atoms with Crippen molar-refractivity contribution in [3.8, 4) is 0 Å². The van der Waals surface area contributed by atoms with Crippen molar-refractivity contribution >= 4 is 39.9 Å². The molecule has 0 bridgehead atoms. The number of rotatable bonds is 2. The molecule has 0 saturated carbocycles. The normalized spacial score (nSPS) is 13.6. The largest absolute Gasteiger partial charge is 0.420 e. The number of aliphatic hydroxyl groups excluding tert-OH is 1. The summed E-state index contributed by atoms with van der Waals surface area (Å²) >= 11 is 7.02. The lowest BCUT2D eigenvalue weighted by atomic mass is 10.2. The maximum absolute atomic E-state index is 12.2. The van der Waals surface area contributed by atoms with Crippen LogP contribution in [-0.4, -0.2) is 16.3 Å². The van der Waals surface area contributed by atoms with Gasteiger partial charge >= 0.3 is 6.18 Å². The van der Waals surface area contributed by atoms with Crippen LogP contribution >= 0.6 is 34.2 Å². The van der Waals surface area contributed by atoms with E-state index >= 15 is 0 Å². The van der Waals surface area contributed by atoms with Crippen LogP contribution in [0.15, 0.2) is 11.2 Å². The van der Waals surface area contributed by atoms with E-state index in [1.807, 2.05) is 0 Å². The molecule has 1 aromatic rings. The molecule has 0 aromatic carbocycles. The second-order valence-electron chi connectivity index (χ2n) is 2.70. The summed E-state index contributed by atoms with van der Waals surface area (Å²) in [5.74, 6) is 0. The third kappa shape index (κ3) is 2.80. The van der Waals surface area contributed by atoms with Gasteiger partial charge in [-0.1, -0.05) is 11.6 Å². The molecule has 0 saturated heterocycles. The van der Waals surface area contributed by atoms with Gasteiger partial charge in [-0.05, 0) is 33.8 Å². The number of pyridine rings is 1. The quantitative estimate of drug-likeness (QED) is 0.496. The second-order valence-corrected chi connectivity index (χ2v) is 4.22. The minimum atomic E-state index is -4.84. The van der Waals surface area contributed by atoms with Crippen LogP contribution < -0.4 is 0 Å². The van der Waals surface area contributed by atoms with Crippen molar-refractivity contribution in [1.82, 2.24) is 4.98 Å². The van der Waals surface area contributed by atoms with Crippen molar-refractivity contribution in [2.45, 2.75) is 12.3 Å². The zero-order valence-corrected chi connectivity index (χ0v) is 10.2. The Balaban J connectivity index is 3.24. The van der Waals surface area contributed by atoms with Crippen molar-refractivity contribution in [2.24, 2.45) is 5.18 Å². The van der Waals surface area contributed by atoms with E-state index in [1.165, 1.54) is 0 Å². The number of hydrogen-bond donors (Lipinski definition) is 1. The molecule has 0 fully saturated rings. The van der Waals surface area contributed by atoms with E-state index in [9.17, 15) is 18.1 Å².